The first-order valence-corrected chi connectivity index (χ1v) is 5.91. The Morgan fingerprint density at radius 3 is 2.69 bits per heavy atom. The molecule has 0 unspecified atom stereocenters. The fraction of sp³-hybridized carbons (Fsp3) is 0.667. The summed E-state index contributed by atoms with van der Waals surface area (Å²) < 4.78 is 5.14. The van der Waals surface area contributed by atoms with Crippen LogP contribution in [0.5, 0.6) is 0 Å². The van der Waals surface area contributed by atoms with Crippen LogP contribution in [0.1, 0.15) is 38.2 Å². The van der Waals surface area contributed by atoms with Crippen molar-refractivity contribution in [3.8, 4) is 0 Å². The zero-order valence-electron chi connectivity index (χ0n) is 10.2. The second-order valence-electron chi connectivity index (χ2n) is 4.48. The summed E-state index contributed by atoms with van der Waals surface area (Å²) in [6, 6.07) is 2.46. The molecule has 1 saturated heterocycles. The molecule has 1 N–H and O–H groups in total. The van der Waals surface area contributed by atoms with E-state index in [9.17, 15) is 0 Å². The molecule has 1 aromatic heterocycles. The lowest BCUT2D eigenvalue weighted by atomic mass is 10.1. The molecule has 4 nitrogen and oxygen atoms in total. The van der Waals surface area contributed by atoms with Gasteiger partial charge in [0, 0.05) is 18.2 Å². The summed E-state index contributed by atoms with van der Waals surface area (Å²) in [6.45, 7) is 7.94. The van der Waals surface area contributed by atoms with E-state index in [4.69, 9.17) is 4.74 Å². The molecule has 0 saturated carbocycles. The summed E-state index contributed by atoms with van der Waals surface area (Å²) >= 11 is 0. The molecular weight excluding hydrogens is 202 g/mol. The molecule has 16 heavy (non-hydrogen) atoms. The average molecular weight is 221 g/mol. The molecule has 0 atom stereocenters. The highest BCUT2D eigenvalue weighted by atomic mass is 16.5. The van der Waals surface area contributed by atoms with Gasteiger partial charge in [0.1, 0.15) is 11.6 Å². The summed E-state index contributed by atoms with van der Waals surface area (Å²) in [7, 11) is 0. The quantitative estimate of drug-likeness (QED) is 0.844. The number of nitrogens with one attached hydrogen (secondary N) is 1. The number of aromatic nitrogens is 2. The summed E-state index contributed by atoms with van der Waals surface area (Å²) in [6.07, 6.45) is 0.871. The molecule has 0 amide bonds. The fourth-order valence-electron chi connectivity index (χ4n) is 1.57. The van der Waals surface area contributed by atoms with E-state index in [1.165, 1.54) is 0 Å². The Bertz CT molecular complexity index is 361. The highest BCUT2D eigenvalue weighted by Gasteiger charge is 2.19. The van der Waals surface area contributed by atoms with E-state index in [1.54, 1.807) is 0 Å². The Labute approximate surface area is 96.4 Å². The van der Waals surface area contributed by atoms with Crippen LogP contribution in [0.2, 0.25) is 0 Å². The number of hydrogen-bond acceptors (Lipinski definition) is 4. The summed E-state index contributed by atoms with van der Waals surface area (Å²) in [5.41, 5.74) is 1.11. The van der Waals surface area contributed by atoms with Gasteiger partial charge in [-0.05, 0) is 5.92 Å². The van der Waals surface area contributed by atoms with Gasteiger partial charge in [0.25, 0.3) is 0 Å². The Balaban J connectivity index is 2.18. The second-order valence-corrected chi connectivity index (χ2v) is 4.48. The lowest BCUT2D eigenvalue weighted by Gasteiger charge is -2.27. The van der Waals surface area contributed by atoms with Crippen LogP contribution in [-0.4, -0.2) is 29.2 Å². The van der Waals surface area contributed by atoms with Crippen LogP contribution in [0.4, 0.5) is 5.82 Å². The van der Waals surface area contributed by atoms with Crippen LogP contribution < -0.4 is 5.32 Å². The first kappa shape index (κ1) is 11.3. The molecule has 4 heteroatoms. The largest absolute Gasteiger partial charge is 0.377 e. The van der Waals surface area contributed by atoms with Gasteiger partial charge in [-0.3, -0.25) is 0 Å². The standard InChI is InChI=1S/C12H19N3O/c1-4-11-14-10(8(2)3)5-12(15-11)13-9-6-16-7-9/h5,8-9H,4,6-7H2,1-3H3,(H,13,14,15). The molecule has 0 radical (unpaired) electrons. The van der Waals surface area contributed by atoms with Crippen molar-refractivity contribution in [3.05, 3.63) is 17.6 Å². The van der Waals surface area contributed by atoms with Crippen molar-refractivity contribution in [1.82, 2.24) is 9.97 Å². The van der Waals surface area contributed by atoms with Gasteiger partial charge in [0.05, 0.1) is 19.3 Å². The SMILES string of the molecule is CCc1nc(NC2COC2)cc(C(C)C)n1. The van der Waals surface area contributed by atoms with Gasteiger partial charge < -0.3 is 10.1 Å². The highest BCUT2D eigenvalue weighted by Crippen LogP contribution is 2.17. The van der Waals surface area contributed by atoms with E-state index in [2.05, 4.69) is 36.1 Å². The Morgan fingerprint density at radius 2 is 2.19 bits per heavy atom. The number of nitrogens with zero attached hydrogens (tertiary/aromatic N) is 2. The van der Waals surface area contributed by atoms with Crippen molar-refractivity contribution in [2.75, 3.05) is 18.5 Å². The zero-order chi connectivity index (χ0) is 11.5. The van der Waals surface area contributed by atoms with Gasteiger partial charge in [0.2, 0.25) is 0 Å². The highest BCUT2D eigenvalue weighted by molar-refractivity contribution is 5.38. The molecule has 1 aliphatic heterocycles. The molecule has 1 aliphatic rings. The minimum atomic E-state index is 0.416. The molecular formula is C12H19N3O. The smallest absolute Gasteiger partial charge is 0.130 e. The second kappa shape index (κ2) is 4.78. The van der Waals surface area contributed by atoms with Gasteiger partial charge in [-0.25, -0.2) is 9.97 Å². The summed E-state index contributed by atoms with van der Waals surface area (Å²) in [4.78, 5) is 9.00. The van der Waals surface area contributed by atoms with Crippen molar-refractivity contribution in [2.24, 2.45) is 0 Å². The molecule has 0 spiro atoms. The third-order valence-electron chi connectivity index (χ3n) is 2.69. The van der Waals surface area contributed by atoms with Crippen molar-refractivity contribution in [2.45, 2.75) is 39.2 Å². The van der Waals surface area contributed by atoms with Gasteiger partial charge in [0.15, 0.2) is 0 Å². The molecule has 0 aromatic carbocycles. The number of rotatable bonds is 4. The minimum absolute atomic E-state index is 0.416. The molecule has 1 fully saturated rings. The third kappa shape index (κ3) is 2.50. The van der Waals surface area contributed by atoms with E-state index >= 15 is 0 Å². The van der Waals surface area contributed by atoms with Crippen LogP contribution in [0.3, 0.4) is 0 Å². The number of aryl methyl sites for hydroxylation is 1. The minimum Gasteiger partial charge on any atom is -0.377 e. The van der Waals surface area contributed by atoms with Gasteiger partial charge in [-0.2, -0.15) is 0 Å². The molecule has 0 aliphatic carbocycles. The van der Waals surface area contributed by atoms with E-state index in [0.29, 0.717) is 12.0 Å². The van der Waals surface area contributed by atoms with E-state index in [-0.39, 0.29) is 0 Å². The Morgan fingerprint density at radius 1 is 1.44 bits per heavy atom. The van der Waals surface area contributed by atoms with Gasteiger partial charge in [-0.1, -0.05) is 20.8 Å². The molecule has 2 rings (SSSR count). The van der Waals surface area contributed by atoms with Crippen molar-refractivity contribution < 1.29 is 4.74 Å². The maximum atomic E-state index is 5.14. The van der Waals surface area contributed by atoms with Crippen LogP contribution >= 0.6 is 0 Å². The maximum absolute atomic E-state index is 5.14. The molecule has 88 valence electrons. The predicted molar refractivity (Wildman–Crippen MR) is 63.7 cm³/mol. The first-order chi connectivity index (χ1) is 7.69. The number of hydrogen-bond donors (Lipinski definition) is 1. The Kier molecular flexibility index (Phi) is 3.39. The topological polar surface area (TPSA) is 47.0 Å². The lowest BCUT2D eigenvalue weighted by molar-refractivity contribution is 0.0209. The van der Waals surface area contributed by atoms with Crippen molar-refractivity contribution in [1.29, 1.82) is 0 Å². The zero-order valence-corrected chi connectivity index (χ0v) is 10.2. The first-order valence-electron chi connectivity index (χ1n) is 5.91. The fourth-order valence-corrected chi connectivity index (χ4v) is 1.57. The van der Waals surface area contributed by atoms with Crippen LogP contribution in [0, 0.1) is 0 Å². The van der Waals surface area contributed by atoms with E-state index < -0.39 is 0 Å². The van der Waals surface area contributed by atoms with Crippen LogP contribution in [0.15, 0.2) is 6.07 Å². The van der Waals surface area contributed by atoms with Gasteiger partial charge in [-0.15, -0.1) is 0 Å². The molecule has 2 heterocycles. The Hall–Kier alpha value is -1.16. The monoisotopic (exact) mass is 221 g/mol. The number of anilines is 1. The third-order valence-corrected chi connectivity index (χ3v) is 2.69. The summed E-state index contributed by atoms with van der Waals surface area (Å²) in [5.74, 6) is 2.28. The van der Waals surface area contributed by atoms with Crippen LogP contribution in [0.25, 0.3) is 0 Å². The van der Waals surface area contributed by atoms with Crippen molar-refractivity contribution in [3.63, 3.8) is 0 Å². The maximum Gasteiger partial charge on any atom is 0.130 e. The van der Waals surface area contributed by atoms with E-state index in [0.717, 1.165) is 37.0 Å². The van der Waals surface area contributed by atoms with Crippen molar-refractivity contribution >= 4 is 5.82 Å². The molecule has 0 bridgehead atoms. The average Bonchev–Trinajstić information content (AvgIpc) is 2.23. The lowest BCUT2D eigenvalue weighted by Crippen LogP contribution is -2.40. The normalized spacial score (nSPS) is 16.2. The van der Waals surface area contributed by atoms with Crippen LogP contribution in [-0.2, 0) is 11.2 Å². The predicted octanol–water partition coefficient (Wildman–Crippen LogP) is 1.97. The van der Waals surface area contributed by atoms with Gasteiger partial charge >= 0.3 is 0 Å². The van der Waals surface area contributed by atoms with E-state index in [1.807, 2.05) is 6.07 Å². The number of ether oxygens (including phenoxy) is 1. The summed E-state index contributed by atoms with van der Waals surface area (Å²) in [5, 5.41) is 3.37. The molecule has 1 aromatic rings.